The van der Waals surface area contributed by atoms with Gasteiger partial charge in [-0.05, 0) is 0 Å². The molecule has 5 atom stereocenters. The SMILES string of the molecule is CC(=O)OC[C@H]1OC(Br)[C@H](OC(C)=O)C(OC(C)=O)[C@@H]1OC(C)=O. The van der Waals surface area contributed by atoms with Crippen molar-refractivity contribution in [2.24, 2.45) is 0 Å². The highest BCUT2D eigenvalue weighted by Gasteiger charge is 2.51. The van der Waals surface area contributed by atoms with Crippen LogP contribution in [0.2, 0.25) is 0 Å². The maximum absolute atomic E-state index is 11.4. The lowest BCUT2D eigenvalue weighted by Crippen LogP contribution is -2.60. The molecule has 0 radical (unpaired) electrons. The third-order valence-corrected chi connectivity index (χ3v) is 3.67. The third kappa shape index (κ3) is 6.08. The maximum Gasteiger partial charge on any atom is 0.303 e. The van der Waals surface area contributed by atoms with Crippen molar-refractivity contribution in [2.75, 3.05) is 6.61 Å². The van der Waals surface area contributed by atoms with Crippen molar-refractivity contribution in [3.05, 3.63) is 0 Å². The molecule has 0 spiro atoms. The van der Waals surface area contributed by atoms with Gasteiger partial charge in [0.25, 0.3) is 0 Å². The molecule has 9 nitrogen and oxygen atoms in total. The molecule has 2 unspecified atom stereocenters. The van der Waals surface area contributed by atoms with Gasteiger partial charge in [0.05, 0.1) is 0 Å². The second-order valence-corrected chi connectivity index (χ2v) is 5.95. The van der Waals surface area contributed by atoms with Crippen molar-refractivity contribution in [2.45, 2.75) is 57.1 Å². The molecule has 136 valence electrons. The minimum atomic E-state index is -1.13. The van der Waals surface area contributed by atoms with E-state index in [4.69, 9.17) is 23.7 Å². The minimum Gasteiger partial charge on any atom is -0.463 e. The number of carbonyl (C=O) groups is 4. The minimum absolute atomic E-state index is 0.236. The fourth-order valence-corrected chi connectivity index (χ4v) is 2.86. The summed E-state index contributed by atoms with van der Waals surface area (Å²) in [7, 11) is 0. The van der Waals surface area contributed by atoms with Crippen molar-refractivity contribution in [1.82, 2.24) is 0 Å². The van der Waals surface area contributed by atoms with Gasteiger partial charge in [-0.1, -0.05) is 15.9 Å². The molecule has 0 amide bonds. The van der Waals surface area contributed by atoms with Crippen LogP contribution in [0.4, 0.5) is 0 Å². The van der Waals surface area contributed by atoms with E-state index < -0.39 is 53.3 Å². The first-order chi connectivity index (χ1) is 11.1. The monoisotopic (exact) mass is 410 g/mol. The topological polar surface area (TPSA) is 114 Å². The van der Waals surface area contributed by atoms with Gasteiger partial charge in [0.15, 0.2) is 23.3 Å². The third-order valence-electron chi connectivity index (χ3n) is 2.93. The van der Waals surface area contributed by atoms with E-state index in [0.717, 1.165) is 13.8 Å². The molecule has 0 aromatic carbocycles. The second-order valence-electron chi connectivity index (χ2n) is 5.05. The van der Waals surface area contributed by atoms with E-state index >= 15 is 0 Å². The lowest BCUT2D eigenvalue weighted by molar-refractivity contribution is -0.236. The molecule has 0 bridgehead atoms. The number of rotatable bonds is 5. The van der Waals surface area contributed by atoms with Gasteiger partial charge in [-0.3, -0.25) is 19.2 Å². The summed E-state index contributed by atoms with van der Waals surface area (Å²) in [5, 5.41) is -0.863. The van der Waals surface area contributed by atoms with E-state index in [9.17, 15) is 19.2 Å². The molecule has 1 saturated heterocycles. The molecule has 10 heteroatoms. The molecule has 24 heavy (non-hydrogen) atoms. The van der Waals surface area contributed by atoms with Crippen LogP contribution in [0.15, 0.2) is 0 Å². The largest absolute Gasteiger partial charge is 0.463 e. The van der Waals surface area contributed by atoms with Gasteiger partial charge in [0, 0.05) is 27.7 Å². The van der Waals surface area contributed by atoms with Crippen LogP contribution in [-0.4, -0.2) is 59.9 Å². The predicted molar refractivity (Wildman–Crippen MR) is 80.9 cm³/mol. The highest BCUT2D eigenvalue weighted by atomic mass is 79.9. The Morgan fingerprint density at radius 1 is 0.792 bits per heavy atom. The molecule has 0 aliphatic carbocycles. The highest BCUT2D eigenvalue weighted by Crippen LogP contribution is 2.31. The van der Waals surface area contributed by atoms with Gasteiger partial charge in [-0.2, -0.15) is 0 Å². The Labute approximate surface area is 147 Å². The summed E-state index contributed by atoms with van der Waals surface area (Å²) in [5.74, 6) is -2.52. The first-order valence-corrected chi connectivity index (χ1v) is 7.98. The normalized spacial score (nSPS) is 29.3. The standard InChI is InChI=1S/C14H19BrO9/c1-6(16)20-5-10-11(21-7(2)17)12(22-8(3)18)13(14(15)24-10)23-9(4)19/h10-14H,5H2,1-4H3/t10-,11-,12?,13-,14?/m1/s1. The summed E-state index contributed by atoms with van der Waals surface area (Å²) in [6.45, 7) is 4.47. The van der Waals surface area contributed by atoms with E-state index in [2.05, 4.69) is 15.9 Å². The van der Waals surface area contributed by atoms with Crippen molar-refractivity contribution >= 4 is 39.8 Å². The summed E-state index contributed by atoms with van der Waals surface area (Å²) in [6, 6.07) is 0. The summed E-state index contributed by atoms with van der Waals surface area (Å²) in [6.07, 6.45) is -4.22. The van der Waals surface area contributed by atoms with Crippen LogP contribution < -0.4 is 0 Å². The van der Waals surface area contributed by atoms with Gasteiger partial charge < -0.3 is 23.7 Å². The summed E-state index contributed by atoms with van der Waals surface area (Å²) < 4.78 is 25.9. The number of hydrogen-bond donors (Lipinski definition) is 0. The Bertz CT molecular complexity index is 506. The van der Waals surface area contributed by atoms with Gasteiger partial charge >= 0.3 is 23.9 Å². The maximum atomic E-state index is 11.4. The molecule has 1 fully saturated rings. The summed E-state index contributed by atoms with van der Waals surface area (Å²) >= 11 is 3.18. The molecule has 1 heterocycles. The van der Waals surface area contributed by atoms with Gasteiger partial charge in [0.1, 0.15) is 12.7 Å². The molecule has 0 aromatic heterocycles. The van der Waals surface area contributed by atoms with E-state index in [-0.39, 0.29) is 6.61 Å². The van der Waals surface area contributed by atoms with Crippen LogP contribution in [-0.2, 0) is 42.9 Å². The predicted octanol–water partition coefficient (Wildman–Crippen LogP) is 0.464. The summed E-state index contributed by atoms with van der Waals surface area (Å²) in [5.41, 5.74) is 0. The molecule has 1 rings (SSSR count). The van der Waals surface area contributed by atoms with Crippen molar-refractivity contribution in [1.29, 1.82) is 0 Å². The van der Waals surface area contributed by atoms with Gasteiger partial charge in [-0.25, -0.2) is 0 Å². The zero-order valence-electron chi connectivity index (χ0n) is 13.6. The molecular formula is C14H19BrO9. The van der Waals surface area contributed by atoms with Crippen molar-refractivity contribution < 1.29 is 42.9 Å². The average molecular weight is 411 g/mol. The van der Waals surface area contributed by atoms with E-state index in [1.54, 1.807) is 0 Å². The number of hydrogen-bond acceptors (Lipinski definition) is 9. The Morgan fingerprint density at radius 2 is 1.25 bits per heavy atom. The summed E-state index contributed by atoms with van der Waals surface area (Å²) in [4.78, 5) is 45.1. The molecule has 0 aromatic rings. The first kappa shape index (κ1) is 20.4. The van der Waals surface area contributed by atoms with Crippen LogP contribution in [0.25, 0.3) is 0 Å². The number of esters is 4. The lowest BCUT2D eigenvalue weighted by Gasteiger charge is -2.42. The number of alkyl halides is 1. The van der Waals surface area contributed by atoms with Gasteiger partial charge in [-0.15, -0.1) is 0 Å². The second kappa shape index (κ2) is 8.97. The van der Waals surface area contributed by atoms with E-state index in [1.807, 2.05) is 0 Å². The van der Waals surface area contributed by atoms with Crippen LogP contribution in [0.3, 0.4) is 0 Å². The van der Waals surface area contributed by atoms with Crippen LogP contribution in [0.1, 0.15) is 27.7 Å². The number of carbonyl (C=O) groups excluding carboxylic acids is 4. The molecule has 0 saturated carbocycles. The Kier molecular flexibility index (Phi) is 7.61. The molecular weight excluding hydrogens is 392 g/mol. The zero-order chi connectivity index (χ0) is 18.4. The Morgan fingerprint density at radius 3 is 1.71 bits per heavy atom. The average Bonchev–Trinajstić information content (AvgIpc) is 2.42. The van der Waals surface area contributed by atoms with E-state index in [1.165, 1.54) is 13.8 Å². The molecule has 1 aliphatic rings. The smallest absolute Gasteiger partial charge is 0.303 e. The van der Waals surface area contributed by atoms with Crippen LogP contribution >= 0.6 is 15.9 Å². The fourth-order valence-electron chi connectivity index (χ4n) is 2.18. The van der Waals surface area contributed by atoms with Crippen LogP contribution in [0, 0.1) is 0 Å². The van der Waals surface area contributed by atoms with Crippen molar-refractivity contribution in [3.8, 4) is 0 Å². The van der Waals surface area contributed by atoms with Crippen molar-refractivity contribution in [3.63, 3.8) is 0 Å². The molecule has 1 aliphatic heterocycles. The number of halogens is 1. The van der Waals surface area contributed by atoms with Crippen LogP contribution in [0.5, 0.6) is 0 Å². The van der Waals surface area contributed by atoms with Gasteiger partial charge in [0.2, 0.25) is 0 Å². The lowest BCUT2D eigenvalue weighted by atomic mass is 9.99. The molecule has 0 N–H and O–H groups in total. The number of ether oxygens (including phenoxy) is 5. The quantitative estimate of drug-likeness (QED) is 0.362. The highest BCUT2D eigenvalue weighted by molar-refractivity contribution is 9.09. The Balaban J connectivity index is 3.11. The first-order valence-electron chi connectivity index (χ1n) is 7.06. The Hall–Kier alpha value is -1.68. The van der Waals surface area contributed by atoms with E-state index in [0.29, 0.717) is 0 Å². The fraction of sp³-hybridized carbons (Fsp3) is 0.714. The zero-order valence-corrected chi connectivity index (χ0v) is 15.2.